The molecule has 11 heteroatoms. The van der Waals surface area contributed by atoms with Gasteiger partial charge in [-0.2, -0.15) is 13.2 Å². The zero-order valence-corrected chi connectivity index (χ0v) is 13.7. The smallest absolute Gasteiger partial charge is 0.401 e. The third kappa shape index (κ3) is 7.70. The second-order valence-corrected chi connectivity index (χ2v) is 5.23. The lowest BCUT2D eigenvalue weighted by atomic mass is 10.2. The number of nitrogens with zero attached hydrogens (tertiary/aromatic N) is 2. The van der Waals surface area contributed by atoms with Crippen molar-refractivity contribution in [2.24, 2.45) is 0 Å². The Bertz CT molecular complexity index is 610. The molecule has 0 aliphatic heterocycles. The first kappa shape index (κ1) is 20.5. The highest BCUT2D eigenvalue weighted by Crippen LogP contribution is 2.28. The standard InChI is InChI=1S/C14H19F3N4O4/c1-20(9-14(15,16)17)7-3-6-18-13(22)19-11-8-10(21(23)24)4-5-12(11)25-2/h4-5,8H,3,6-7,9H2,1-2H3,(H2,18,19,22). The van der Waals surface area contributed by atoms with Gasteiger partial charge >= 0.3 is 12.2 Å². The predicted molar refractivity (Wildman–Crippen MR) is 84.8 cm³/mol. The third-order valence-corrected chi connectivity index (χ3v) is 3.09. The van der Waals surface area contributed by atoms with Crippen molar-refractivity contribution in [2.45, 2.75) is 12.6 Å². The molecule has 1 rings (SSSR count). The lowest BCUT2D eigenvalue weighted by Gasteiger charge is -2.18. The van der Waals surface area contributed by atoms with Crippen LogP contribution < -0.4 is 15.4 Å². The van der Waals surface area contributed by atoms with Gasteiger partial charge in [-0.05, 0) is 26.1 Å². The summed E-state index contributed by atoms with van der Waals surface area (Å²) in [6.07, 6.45) is -3.95. The summed E-state index contributed by atoms with van der Waals surface area (Å²) in [6, 6.07) is 3.09. The van der Waals surface area contributed by atoms with Crippen LogP contribution in [0.2, 0.25) is 0 Å². The number of benzene rings is 1. The van der Waals surface area contributed by atoms with Crippen LogP contribution in [0.15, 0.2) is 18.2 Å². The van der Waals surface area contributed by atoms with E-state index in [0.29, 0.717) is 6.42 Å². The fraction of sp³-hybridized carbons (Fsp3) is 0.500. The molecular weight excluding hydrogens is 345 g/mol. The van der Waals surface area contributed by atoms with E-state index in [9.17, 15) is 28.1 Å². The number of amides is 2. The molecule has 0 aromatic heterocycles. The van der Waals surface area contributed by atoms with Crippen molar-refractivity contribution in [3.8, 4) is 5.75 Å². The van der Waals surface area contributed by atoms with Crippen LogP contribution in [0.3, 0.4) is 0 Å². The van der Waals surface area contributed by atoms with E-state index in [1.54, 1.807) is 0 Å². The van der Waals surface area contributed by atoms with Crippen molar-refractivity contribution in [3.05, 3.63) is 28.3 Å². The van der Waals surface area contributed by atoms with Gasteiger partial charge in [0.25, 0.3) is 5.69 Å². The summed E-state index contributed by atoms with van der Waals surface area (Å²) in [5.41, 5.74) is -0.103. The molecule has 0 fully saturated rings. The number of hydrogen-bond donors (Lipinski definition) is 2. The van der Waals surface area contributed by atoms with Crippen molar-refractivity contribution >= 4 is 17.4 Å². The number of hydrogen-bond acceptors (Lipinski definition) is 5. The highest BCUT2D eigenvalue weighted by Gasteiger charge is 2.28. The maximum atomic E-state index is 12.2. The van der Waals surface area contributed by atoms with Crippen molar-refractivity contribution in [1.82, 2.24) is 10.2 Å². The minimum absolute atomic E-state index is 0.114. The highest BCUT2D eigenvalue weighted by molar-refractivity contribution is 5.91. The largest absolute Gasteiger partial charge is 0.495 e. The minimum Gasteiger partial charge on any atom is -0.495 e. The number of non-ortho nitro benzene ring substituents is 1. The summed E-state index contributed by atoms with van der Waals surface area (Å²) in [6.45, 7) is -0.727. The van der Waals surface area contributed by atoms with Gasteiger partial charge < -0.3 is 15.4 Å². The molecule has 0 saturated carbocycles. The summed E-state index contributed by atoms with van der Waals surface area (Å²) >= 11 is 0. The summed E-state index contributed by atoms with van der Waals surface area (Å²) in [5.74, 6) is 0.241. The van der Waals surface area contributed by atoms with Crippen LogP contribution in [0.5, 0.6) is 5.75 Å². The summed E-state index contributed by atoms with van der Waals surface area (Å²) in [7, 11) is 2.68. The van der Waals surface area contributed by atoms with Gasteiger partial charge in [-0.1, -0.05) is 0 Å². The average Bonchev–Trinajstić information content (AvgIpc) is 2.49. The average molecular weight is 364 g/mol. The van der Waals surface area contributed by atoms with Gasteiger partial charge in [-0.15, -0.1) is 0 Å². The van der Waals surface area contributed by atoms with E-state index in [4.69, 9.17) is 4.74 Å². The Balaban J connectivity index is 2.47. The minimum atomic E-state index is -4.27. The fourth-order valence-electron chi connectivity index (χ4n) is 2.01. The van der Waals surface area contributed by atoms with E-state index >= 15 is 0 Å². The number of anilines is 1. The van der Waals surface area contributed by atoms with Gasteiger partial charge in [0.05, 0.1) is 24.3 Å². The molecule has 2 amide bonds. The molecule has 0 atom stereocenters. The van der Waals surface area contributed by atoms with Gasteiger partial charge in [0.2, 0.25) is 0 Å². The number of nitro benzene ring substituents is 1. The number of methoxy groups -OCH3 is 1. The molecule has 0 unspecified atom stereocenters. The Morgan fingerprint density at radius 2 is 2.08 bits per heavy atom. The van der Waals surface area contributed by atoms with Gasteiger partial charge in [-0.3, -0.25) is 15.0 Å². The second-order valence-electron chi connectivity index (χ2n) is 5.23. The van der Waals surface area contributed by atoms with Crippen LogP contribution in [0, 0.1) is 10.1 Å². The van der Waals surface area contributed by atoms with Crippen LogP contribution in [0.4, 0.5) is 29.3 Å². The molecular formula is C14H19F3N4O4. The number of carbonyl (C=O) groups excluding carboxylic acids is 1. The molecule has 0 bridgehead atoms. The number of ether oxygens (including phenoxy) is 1. The molecule has 0 heterocycles. The van der Waals surface area contributed by atoms with Crippen molar-refractivity contribution in [1.29, 1.82) is 0 Å². The van der Waals surface area contributed by atoms with Crippen LogP contribution in [-0.4, -0.2) is 55.8 Å². The quantitative estimate of drug-likeness (QED) is 0.420. The fourth-order valence-corrected chi connectivity index (χ4v) is 2.01. The molecule has 25 heavy (non-hydrogen) atoms. The molecule has 0 spiro atoms. The summed E-state index contributed by atoms with van der Waals surface area (Å²) in [4.78, 5) is 23.0. The lowest BCUT2D eigenvalue weighted by molar-refractivity contribution is -0.384. The van der Waals surface area contributed by atoms with Crippen LogP contribution in [0.1, 0.15) is 6.42 Å². The van der Waals surface area contributed by atoms with Gasteiger partial charge in [0, 0.05) is 18.7 Å². The Kier molecular flexibility index (Phi) is 7.43. The van der Waals surface area contributed by atoms with E-state index in [1.165, 1.54) is 26.3 Å². The van der Waals surface area contributed by atoms with Crippen LogP contribution in [-0.2, 0) is 0 Å². The Morgan fingerprint density at radius 3 is 2.64 bits per heavy atom. The van der Waals surface area contributed by atoms with E-state index < -0.39 is 23.7 Å². The molecule has 8 nitrogen and oxygen atoms in total. The molecule has 2 N–H and O–H groups in total. The van der Waals surface area contributed by atoms with E-state index in [0.717, 1.165) is 11.0 Å². The lowest BCUT2D eigenvalue weighted by Crippen LogP contribution is -2.35. The zero-order valence-electron chi connectivity index (χ0n) is 13.7. The molecule has 1 aromatic carbocycles. The Hall–Kier alpha value is -2.56. The van der Waals surface area contributed by atoms with Crippen LogP contribution in [0.25, 0.3) is 0 Å². The maximum absolute atomic E-state index is 12.2. The monoisotopic (exact) mass is 364 g/mol. The number of halogens is 3. The van der Waals surface area contributed by atoms with E-state index in [2.05, 4.69) is 10.6 Å². The van der Waals surface area contributed by atoms with Crippen molar-refractivity contribution in [3.63, 3.8) is 0 Å². The third-order valence-electron chi connectivity index (χ3n) is 3.09. The topological polar surface area (TPSA) is 96.7 Å². The molecule has 0 aliphatic carbocycles. The first-order valence-corrected chi connectivity index (χ1v) is 7.25. The van der Waals surface area contributed by atoms with Gasteiger partial charge in [0.1, 0.15) is 5.75 Å². The molecule has 1 aromatic rings. The maximum Gasteiger partial charge on any atom is 0.401 e. The second kappa shape index (κ2) is 9.06. The number of alkyl halides is 3. The number of nitro groups is 1. The highest BCUT2D eigenvalue weighted by atomic mass is 19.4. The molecule has 0 saturated heterocycles. The van der Waals surface area contributed by atoms with Gasteiger partial charge in [-0.25, -0.2) is 4.79 Å². The summed E-state index contributed by atoms with van der Waals surface area (Å²) < 4.78 is 41.5. The number of carbonyl (C=O) groups is 1. The Morgan fingerprint density at radius 1 is 1.40 bits per heavy atom. The number of rotatable bonds is 8. The van der Waals surface area contributed by atoms with Gasteiger partial charge in [0.15, 0.2) is 0 Å². The van der Waals surface area contributed by atoms with Crippen LogP contribution >= 0.6 is 0 Å². The number of urea groups is 1. The Labute approximate surface area is 142 Å². The summed E-state index contributed by atoms with van der Waals surface area (Å²) in [5, 5.41) is 15.6. The zero-order chi connectivity index (χ0) is 19.0. The molecule has 0 aliphatic rings. The number of nitrogens with one attached hydrogen (secondary N) is 2. The molecule has 0 radical (unpaired) electrons. The predicted octanol–water partition coefficient (Wildman–Crippen LogP) is 2.61. The molecule has 140 valence electrons. The van der Waals surface area contributed by atoms with Crippen molar-refractivity contribution < 1.29 is 27.6 Å². The first-order chi connectivity index (χ1) is 11.6. The SMILES string of the molecule is COc1ccc([N+](=O)[O-])cc1NC(=O)NCCCN(C)CC(F)(F)F. The first-order valence-electron chi connectivity index (χ1n) is 7.25. The van der Waals surface area contributed by atoms with E-state index in [-0.39, 0.29) is 30.2 Å². The van der Waals surface area contributed by atoms with Crippen molar-refractivity contribution in [2.75, 3.05) is 39.1 Å². The normalized spacial score (nSPS) is 11.3. The van der Waals surface area contributed by atoms with E-state index in [1.807, 2.05) is 0 Å².